The van der Waals surface area contributed by atoms with Crippen LogP contribution >= 0.6 is 0 Å². The van der Waals surface area contributed by atoms with Crippen LogP contribution in [-0.4, -0.2) is 36.3 Å². The Morgan fingerprint density at radius 2 is 2.16 bits per heavy atom. The summed E-state index contributed by atoms with van der Waals surface area (Å²) < 4.78 is 7.78. The number of hydrogen-bond donors (Lipinski definition) is 2. The first-order valence-corrected chi connectivity index (χ1v) is 10.6. The quantitative estimate of drug-likeness (QED) is 0.519. The second kappa shape index (κ2) is 6.56. The summed E-state index contributed by atoms with van der Waals surface area (Å²) in [5, 5.41) is 14.8. The maximum Gasteiger partial charge on any atom is 0.261 e. The van der Waals surface area contributed by atoms with Gasteiger partial charge in [-0.2, -0.15) is 10.2 Å². The normalized spacial score (nSPS) is 16.2. The lowest BCUT2D eigenvalue weighted by Gasteiger charge is -2.23. The maximum absolute atomic E-state index is 13.2. The van der Waals surface area contributed by atoms with Gasteiger partial charge in [0.2, 0.25) is 0 Å². The number of ether oxygens (including phenoxy) is 1. The van der Waals surface area contributed by atoms with E-state index in [2.05, 4.69) is 44.3 Å². The highest BCUT2D eigenvalue weighted by atomic mass is 16.5. The number of benzene rings is 1. The highest BCUT2D eigenvalue weighted by molar-refractivity contribution is 6.09. The van der Waals surface area contributed by atoms with E-state index in [4.69, 9.17) is 4.74 Å². The minimum atomic E-state index is -0.275. The Morgan fingerprint density at radius 3 is 3.00 bits per heavy atom. The van der Waals surface area contributed by atoms with E-state index in [-0.39, 0.29) is 11.5 Å². The fourth-order valence-corrected chi connectivity index (χ4v) is 4.62. The first-order valence-electron chi connectivity index (χ1n) is 10.6. The number of carbonyl (C=O) groups is 1. The zero-order valence-corrected chi connectivity index (χ0v) is 18.1. The van der Waals surface area contributed by atoms with Crippen molar-refractivity contribution >= 4 is 22.9 Å². The van der Waals surface area contributed by atoms with Crippen LogP contribution in [0, 0.1) is 6.92 Å². The molecule has 0 spiro atoms. The number of amides is 1. The number of H-pyrrole nitrogens is 1. The Hall–Kier alpha value is -3.88. The molecular formula is C23H23N7O2. The number of anilines is 2. The summed E-state index contributed by atoms with van der Waals surface area (Å²) in [4.78, 5) is 19.8. The van der Waals surface area contributed by atoms with Crippen molar-refractivity contribution in [2.45, 2.75) is 45.9 Å². The van der Waals surface area contributed by atoms with Gasteiger partial charge in [-0.1, -0.05) is 0 Å². The molecule has 162 valence electrons. The third kappa shape index (κ3) is 2.92. The molecule has 2 aliphatic heterocycles. The van der Waals surface area contributed by atoms with Crippen molar-refractivity contribution < 1.29 is 9.53 Å². The van der Waals surface area contributed by atoms with Crippen LogP contribution in [-0.2, 0) is 19.5 Å². The number of rotatable bonds is 3. The summed E-state index contributed by atoms with van der Waals surface area (Å²) in [5.41, 5.74) is 6.74. The minimum absolute atomic E-state index is 0.244. The third-order valence-corrected chi connectivity index (χ3v) is 6.14. The van der Waals surface area contributed by atoms with Crippen LogP contribution in [0.25, 0.3) is 5.65 Å². The molecule has 9 nitrogen and oxygen atoms in total. The average Bonchev–Trinajstić information content (AvgIpc) is 3.49. The second-order valence-electron chi connectivity index (χ2n) is 9.05. The lowest BCUT2D eigenvalue weighted by atomic mass is 10.0. The number of aromatic amines is 1. The van der Waals surface area contributed by atoms with Crippen LogP contribution in [0.4, 0.5) is 11.4 Å². The molecule has 0 unspecified atom stereocenters. The van der Waals surface area contributed by atoms with Gasteiger partial charge in [0.25, 0.3) is 5.91 Å². The number of fused-ring (bicyclic) bond motifs is 3. The molecule has 0 saturated carbocycles. The molecule has 2 N–H and O–H groups in total. The van der Waals surface area contributed by atoms with E-state index in [0.29, 0.717) is 17.8 Å². The fourth-order valence-electron chi connectivity index (χ4n) is 4.62. The Kier molecular flexibility index (Phi) is 3.86. The van der Waals surface area contributed by atoms with E-state index < -0.39 is 0 Å². The highest BCUT2D eigenvalue weighted by Gasteiger charge is 2.33. The number of aryl methyl sites for hydroxylation is 1. The Labute approximate surface area is 184 Å². The average molecular weight is 429 g/mol. The largest absolute Gasteiger partial charge is 0.487 e. The van der Waals surface area contributed by atoms with E-state index in [1.165, 1.54) is 5.56 Å². The van der Waals surface area contributed by atoms with Crippen LogP contribution in [0.2, 0.25) is 0 Å². The SMILES string of the molecule is Cc1[nH]nc2c1CN(c1cc3c(cc1NC(=O)c1cnn4cccnc14)CC(C)(C)O3)C2. The van der Waals surface area contributed by atoms with Crippen molar-refractivity contribution in [3.8, 4) is 5.75 Å². The molecule has 0 saturated heterocycles. The highest BCUT2D eigenvalue weighted by Crippen LogP contribution is 2.43. The van der Waals surface area contributed by atoms with Crippen molar-refractivity contribution in [2.24, 2.45) is 0 Å². The van der Waals surface area contributed by atoms with E-state index >= 15 is 0 Å². The van der Waals surface area contributed by atoms with Gasteiger partial charge < -0.3 is 15.0 Å². The first kappa shape index (κ1) is 18.9. The van der Waals surface area contributed by atoms with Gasteiger partial charge in [0.15, 0.2) is 5.65 Å². The summed E-state index contributed by atoms with van der Waals surface area (Å²) in [6, 6.07) is 5.85. The van der Waals surface area contributed by atoms with Gasteiger partial charge in [-0.25, -0.2) is 9.50 Å². The number of nitrogens with one attached hydrogen (secondary N) is 2. The molecule has 0 atom stereocenters. The monoisotopic (exact) mass is 429 g/mol. The Bertz CT molecular complexity index is 1380. The topological polar surface area (TPSA) is 100 Å². The molecule has 0 radical (unpaired) electrons. The Balaban J connectivity index is 1.39. The standard InChI is InChI=1S/C23H23N7O2/c1-13-16-11-29(12-18(16)28-27-13)19-8-20-14(9-23(2,3)32-20)7-17(19)26-22(31)15-10-25-30-6-4-5-24-21(15)30/h4-8,10H,9,11-12H2,1-3H3,(H,26,31)(H,27,28). The number of aromatic nitrogens is 5. The van der Waals surface area contributed by atoms with Gasteiger partial charge in [0.1, 0.15) is 16.9 Å². The van der Waals surface area contributed by atoms with E-state index in [0.717, 1.165) is 47.0 Å². The van der Waals surface area contributed by atoms with E-state index in [9.17, 15) is 4.79 Å². The molecule has 1 aromatic carbocycles. The van der Waals surface area contributed by atoms with Gasteiger partial charge in [0, 0.05) is 48.2 Å². The molecule has 1 amide bonds. The number of hydrogen-bond acceptors (Lipinski definition) is 6. The van der Waals surface area contributed by atoms with Crippen molar-refractivity contribution in [1.29, 1.82) is 0 Å². The molecule has 9 heteroatoms. The van der Waals surface area contributed by atoms with Gasteiger partial charge in [-0.05, 0) is 32.9 Å². The zero-order chi connectivity index (χ0) is 22.0. The van der Waals surface area contributed by atoms with Crippen molar-refractivity contribution in [3.63, 3.8) is 0 Å². The molecule has 32 heavy (non-hydrogen) atoms. The first-order chi connectivity index (χ1) is 15.4. The fraction of sp³-hybridized carbons (Fsp3) is 0.304. The van der Waals surface area contributed by atoms with Crippen LogP contribution in [0.3, 0.4) is 0 Å². The van der Waals surface area contributed by atoms with E-state index in [1.807, 2.05) is 19.1 Å². The van der Waals surface area contributed by atoms with Crippen molar-refractivity contribution in [2.75, 3.05) is 10.2 Å². The molecular weight excluding hydrogens is 406 g/mol. The maximum atomic E-state index is 13.2. The smallest absolute Gasteiger partial charge is 0.261 e. The molecule has 0 bridgehead atoms. The van der Waals surface area contributed by atoms with Crippen LogP contribution in [0.5, 0.6) is 5.75 Å². The predicted octanol–water partition coefficient (Wildman–Crippen LogP) is 3.25. The second-order valence-corrected chi connectivity index (χ2v) is 9.05. The summed E-state index contributed by atoms with van der Waals surface area (Å²) in [7, 11) is 0. The molecule has 0 aliphatic carbocycles. The molecule has 0 fully saturated rings. The third-order valence-electron chi connectivity index (χ3n) is 6.14. The molecule has 5 heterocycles. The molecule has 2 aliphatic rings. The van der Waals surface area contributed by atoms with Crippen LogP contribution in [0.1, 0.15) is 46.7 Å². The molecule has 4 aromatic rings. The van der Waals surface area contributed by atoms with Crippen molar-refractivity contribution in [3.05, 3.63) is 64.9 Å². The predicted molar refractivity (Wildman–Crippen MR) is 119 cm³/mol. The summed E-state index contributed by atoms with van der Waals surface area (Å²) >= 11 is 0. The summed E-state index contributed by atoms with van der Waals surface area (Å²) in [6.07, 6.45) is 5.76. The summed E-state index contributed by atoms with van der Waals surface area (Å²) in [6.45, 7) is 7.57. The van der Waals surface area contributed by atoms with Crippen molar-refractivity contribution in [1.82, 2.24) is 24.8 Å². The zero-order valence-electron chi connectivity index (χ0n) is 18.1. The van der Waals surface area contributed by atoms with Crippen LogP contribution in [0.15, 0.2) is 36.8 Å². The lowest BCUT2D eigenvalue weighted by molar-refractivity contribution is 0.102. The molecule has 3 aromatic heterocycles. The lowest BCUT2D eigenvalue weighted by Crippen LogP contribution is -2.24. The summed E-state index contributed by atoms with van der Waals surface area (Å²) in [5.74, 6) is 0.621. The minimum Gasteiger partial charge on any atom is -0.487 e. The van der Waals surface area contributed by atoms with Crippen LogP contribution < -0.4 is 15.0 Å². The van der Waals surface area contributed by atoms with Gasteiger partial charge >= 0.3 is 0 Å². The van der Waals surface area contributed by atoms with E-state index in [1.54, 1.807) is 29.2 Å². The molecule has 6 rings (SSSR count). The van der Waals surface area contributed by atoms with Gasteiger partial charge in [-0.3, -0.25) is 9.89 Å². The van der Waals surface area contributed by atoms with Gasteiger partial charge in [-0.15, -0.1) is 0 Å². The Morgan fingerprint density at radius 1 is 1.28 bits per heavy atom. The van der Waals surface area contributed by atoms with Gasteiger partial charge in [0.05, 0.1) is 29.8 Å². The number of carbonyl (C=O) groups excluding carboxylic acids is 1. The number of nitrogens with zero attached hydrogens (tertiary/aromatic N) is 5.